The summed E-state index contributed by atoms with van der Waals surface area (Å²) in [5.74, 6) is 0. The van der Waals surface area contributed by atoms with Crippen molar-refractivity contribution >= 4 is 12.4 Å². The molecule has 1 unspecified atom stereocenters. The fourth-order valence-corrected chi connectivity index (χ4v) is 4.37. The third kappa shape index (κ3) is 16.5. The molecule has 1 atom stereocenters. The molecule has 0 radical (unpaired) electrons. The highest BCUT2D eigenvalue weighted by molar-refractivity contribution is 5.85. The molecule has 2 heteroatoms. The number of hydrogen-bond acceptors (Lipinski definition) is 1. The summed E-state index contributed by atoms with van der Waals surface area (Å²) in [5, 5.41) is 3.79. The van der Waals surface area contributed by atoms with Crippen molar-refractivity contribution in [1.29, 1.82) is 0 Å². The fourth-order valence-electron chi connectivity index (χ4n) is 4.37. The quantitative estimate of drug-likeness (QED) is 0.154. The molecule has 0 saturated heterocycles. The monoisotopic (exact) mass is 449 g/mol. The van der Waals surface area contributed by atoms with Crippen molar-refractivity contribution in [3.05, 3.63) is 48.6 Å². The number of halogens is 1. The minimum atomic E-state index is 0. The second kappa shape index (κ2) is 19.9. The summed E-state index contributed by atoms with van der Waals surface area (Å²) < 4.78 is 0. The SMILES string of the molecule is C=CC(NC(C)(C)CCCCCCCCCCCCCCCCC)c1ccccc1.Cl. The molecule has 0 fully saturated rings. The minimum Gasteiger partial charge on any atom is -0.302 e. The van der Waals surface area contributed by atoms with E-state index < -0.39 is 0 Å². The molecule has 1 nitrogen and oxygen atoms in total. The van der Waals surface area contributed by atoms with E-state index in [1.807, 2.05) is 6.08 Å². The van der Waals surface area contributed by atoms with Crippen molar-refractivity contribution in [3.63, 3.8) is 0 Å². The Labute approximate surface area is 201 Å². The van der Waals surface area contributed by atoms with Gasteiger partial charge in [-0.05, 0) is 25.8 Å². The summed E-state index contributed by atoms with van der Waals surface area (Å²) in [6.07, 6.45) is 24.6. The second-order valence-corrected chi connectivity index (χ2v) is 9.85. The van der Waals surface area contributed by atoms with Crippen LogP contribution in [0.4, 0.5) is 0 Å². The molecule has 0 amide bonds. The Morgan fingerprint density at radius 2 is 1.16 bits per heavy atom. The van der Waals surface area contributed by atoms with E-state index in [9.17, 15) is 0 Å². The van der Waals surface area contributed by atoms with Gasteiger partial charge < -0.3 is 5.32 Å². The lowest BCUT2D eigenvalue weighted by atomic mass is 9.93. The molecule has 1 aromatic rings. The van der Waals surface area contributed by atoms with Gasteiger partial charge in [0.15, 0.2) is 0 Å². The molecule has 1 rings (SSSR count). The van der Waals surface area contributed by atoms with Crippen LogP contribution in [-0.4, -0.2) is 5.54 Å². The first-order valence-electron chi connectivity index (χ1n) is 13.0. The van der Waals surface area contributed by atoms with E-state index in [4.69, 9.17) is 0 Å². The number of unbranched alkanes of at least 4 members (excludes halogenated alkanes) is 14. The van der Waals surface area contributed by atoms with Crippen LogP contribution < -0.4 is 5.32 Å². The number of rotatable bonds is 20. The summed E-state index contributed by atoms with van der Waals surface area (Å²) >= 11 is 0. The minimum absolute atomic E-state index is 0. The van der Waals surface area contributed by atoms with Crippen LogP contribution in [0.3, 0.4) is 0 Å². The van der Waals surface area contributed by atoms with Crippen molar-refractivity contribution in [1.82, 2.24) is 5.32 Å². The number of nitrogens with one attached hydrogen (secondary N) is 1. The van der Waals surface area contributed by atoms with Crippen LogP contribution in [0, 0.1) is 0 Å². The lowest BCUT2D eigenvalue weighted by molar-refractivity contribution is 0.327. The molecular weight excluding hydrogens is 398 g/mol. The van der Waals surface area contributed by atoms with Crippen LogP contribution in [0.15, 0.2) is 43.0 Å². The van der Waals surface area contributed by atoms with Crippen LogP contribution in [-0.2, 0) is 0 Å². The third-order valence-electron chi connectivity index (χ3n) is 6.35. The van der Waals surface area contributed by atoms with Gasteiger partial charge in [0.2, 0.25) is 0 Å². The van der Waals surface area contributed by atoms with Crippen molar-refractivity contribution < 1.29 is 0 Å². The van der Waals surface area contributed by atoms with Crippen LogP contribution in [0.1, 0.15) is 135 Å². The van der Waals surface area contributed by atoms with E-state index in [1.165, 1.54) is 108 Å². The topological polar surface area (TPSA) is 12.0 Å². The lowest BCUT2D eigenvalue weighted by Gasteiger charge is -2.31. The van der Waals surface area contributed by atoms with Gasteiger partial charge in [-0.1, -0.05) is 140 Å². The highest BCUT2D eigenvalue weighted by Gasteiger charge is 2.20. The highest BCUT2D eigenvalue weighted by Crippen LogP contribution is 2.22. The molecular formula is C29H52ClN. The van der Waals surface area contributed by atoms with E-state index >= 15 is 0 Å². The van der Waals surface area contributed by atoms with E-state index in [0.29, 0.717) is 0 Å². The molecule has 0 aliphatic heterocycles. The Bertz CT molecular complexity index is 511. The Kier molecular flexibility index (Phi) is 19.4. The average molecular weight is 450 g/mol. The van der Waals surface area contributed by atoms with E-state index in [1.54, 1.807) is 0 Å². The van der Waals surface area contributed by atoms with Crippen LogP contribution in [0.2, 0.25) is 0 Å². The fraction of sp³-hybridized carbons (Fsp3) is 0.724. The van der Waals surface area contributed by atoms with Crippen LogP contribution in [0.25, 0.3) is 0 Å². The average Bonchev–Trinajstić information content (AvgIpc) is 2.75. The van der Waals surface area contributed by atoms with Gasteiger partial charge in [0, 0.05) is 5.54 Å². The summed E-state index contributed by atoms with van der Waals surface area (Å²) in [7, 11) is 0. The molecule has 1 N–H and O–H groups in total. The Morgan fingerprint density at radius 1 is 0.742 bits per heavy atom. The Morgan fingerprint density at radius 3 is 1.58 bits per heavy atom. The zero-order valence-electron chi connectivity index (χ0n) is 21.0. The molecule has 0 heterocycles. The zero-order valence-corrected chi connectivity index (χ0v) is 21.8. The summed E-state index contributed by atoms with van der Waals surface area (Å²) in [6.45, 7) is 11.0. The van der Waals surface area contributed by atoms with Gasteiger partial charge in [0.1, 0.15) is 0 Å². The third-order valence-corrected chi connectivity index (χ3v) is 6.35. The molecule has 0 aliphatic carbocycles. The summed E-state index contributed by atoms with van der Waals surface area (Å²) in [4.78, 5) is 0. The van der Waals surface area contributed by atoms with Gasteiger partial charge in [-0.2, -0.15) is 0 Å². The largest absolute Gasteiger partial charge is 0.302 e. The molecule has 180 valence electrons. The van der Waals surface area contributed by atoms with Gasteiger partial charge in [-0.15, -0.1) is 19.0 Å². The molecule has 0 aliphatic rings. The normalized spacial score (nSPS) is 12.4. The number of hydrogen-bond donors (Lipinski definition) is 1. The van der Waals surface area contributed by atoms with Crippen LogP contribution in [0.5, 0.6) is 0 Å². The highest BCUT2D eigenvalue weighted by atomic mass is 35.5. The smallest absolute Gasteiger partial charge is 0.0507 e. The van der Waals surface area contributed by atoms with Gasteiger partial charge in [-0.3, -0.25) is 0 Å². The van der Waals surface area contributed by atoms with Gasteiger partial charge in [-0.25, -0.2) is 0 Å². The molecule has 0 spiro atoms. The molecule has 31 heavy (non-hydrogen) atoms. The Hall–Kier alpha value is -0.790. The predicted octanol–water partition coefficient (Wildman–Crippen LogP) is 9.97. The second-order valence-electron chi connectivity index (χ2n) is 9.85. The Balaban J connectivity index is 0.00000900. The van der Waals surface area contributed by atoms with Crippen LogP contribution >= 0.6 is 12.4 Å². The van der Waals surface area contributed by atoms with Gasteiger partial charge >= 0.3 is 0 Å². The van der Waals surface area contributed by atoms with E-state index in [0.717, 1.165) is 0 Å². The zero-order chi connectivity index (χ0) is 21.9. The summed E-state index contributed by atoms with van der Waals surface area (Å²) in [5.41, 5.74) is 1.45. The van der Waals surface area contributed by atoms with E-state index in [2.05, 4.69) is 63.0 Å². The molecule has 0 aromatic heterocycles. The van der Waals surface area contributed by atoms with E-state index in [-0.39, 0.29) is 24.0 Å². The standard InChI is InChI=1S/C29H51N.ClH/c1-5-7-8-9-10-11-12-13-14-15-16-17-18-19-23-26-29(3,4)30-28(6-2)27-24-21-20-22-25-27;/h6,20-22,24-25,28,30H,2,5,7-19,23,26H2,1,3-4H3;1H. The first-order valence-corrected chi connectivity index (χ1v) is 13.0. The number of benzene rings is 1. The van der Waals surface area contributed by atoms with Crippen molar-refractivity contribution in [2.24, 2.45) is 0 Å². The maximum Gasteiger partial charge on any atom is 0.0507 e. The first-order chi connectivity index (χ1) is 14.6. The maximum absolute atomic E-state index is 4.04. The summed E-state index contributed by atoms with van der Waals surface area (Å²) in [6, 6.07) is 10.9. The van der Waals surface area contributed by atoms with Crippen molar-refractivity contribution in [3.8, 4) is 0 Å². The van der Waals surface area contributed by atoms with Crippen molar-refractivity contribution in [2.75, 3.05) is 0 Å². The maximum atomic E-state index is 4.04. The predicted molar refractivity (Wildman–Crippen MR) is 143 cm³/mol. The lowest BCUT2D eigenvalue weighted by Crippen LogP contribution is -2.41. The first kappa shape index (κ1) is 30.2. The molecule has 0 saturated carbocycles. The van der Waals surface area contributed by atoms with Crippen molar-refractivity contribution in [2.45, 2.75) is 135 Å². The molecule has 1 aromatic carbocycles. The van der Waals surface area contributed by atoms with Gasteiger partial charge in [0.05, 0.1) is 6.04 Å². The molecule has 0 bridgehead atoms. The van der Waals surface area contributed by atoms with Gasteiger partial charge in [0.25, 0.3) is 0 Å².